The van der Waals surface area contributed by atoms with E-state index in [9.17, 15) is 4.79 Å². The van der Waals surface area contributed by atoms with E-state index < -0.39 is 5.97 Å². The van der Waals surface area contributed by atoms with Gasteiger partial charge in [-0.15, -0.1) is 5.10 Å². The molecule has 0 unspecified atom stereocenters. The lowest BCUT2D eigenvalue weighted by Gasteiger charge is -2.25. The van der Waals surface area contributed by atoms with Crippen molar-refractivity contribution < 1.29 is 9.90 Å². The van der Waals surface area contributed by atoms with Crippen molar-refractivity contribution in [1.82, 2.24) is 10.2 Å². The van der Waals surface area contributed by atoms with Crippen molar-refractivity contribution in [1.29, 1.82) is 0 Å². The largest absolute Gasteiger partial charge is 0.478 e. The SMILES string of the molecule is CC(C)CN(c1nnccc1C(=O)O)C1CC1. The third-order valence-electron chi connectivity index (χ3n) is 2.75. The number of aromatic nitrogens is 2. The first kappa shape index (κ1) is 11.8. The van der Waals surface area contributed by atoms with Crippen LogP contribution in [0.3, 0.4) is 0 Å². The van der Waals surface area contributed by atoms with Crippen LogP contribution >= 0.6 is 0 Å². The van der Waals surface area contributed by atoms with Gasteiger partial charge in [0.25, 0.3) is 0 Å². The lowest BCUT2D eigenvalue weighted by atomic mass is 10.2. The highest BCUT2D eigenvalue weighted by Crippen LogP contribution is 2.32. The van der Waals surface area contributed by atoms with Crippen LogP contribution in [0.4, 0.5) is 5.82 Å². The first-order valence-electron chi connectivity index (χ1n) is 5.91. The van der Waals surface area contributed by atoms with Crippen LogP contribution in [0.5, 0.6) is 0 Å². The van der Waals surface area contributed by atoms with E-state index in [1.807, 2.05) is 0 Å². The minimum absolute atomic E-state index is 0.243. The number of aromatic carboxylic acids is 1. The zero-order valence-electron chi connectivity index (χ0n) is 10.1. The summed E-state index contributed by atoms with van der Waals surface area (Å²) in [6.07, 6.45) is 3.65. The van der Waals surface area contributed by atoms with Gasteiger partial charge in [0.2, 0.25) is 0 Å². The lowest BCUT2D eigenvalue weighted by molar-refractivity contribution is 0.0697. The van der Waals surface area contributed by atoms with E-state index in [0.717, 1.165) is 19.4 Å². The molecule has 2 rings (SSSR count). The zero-order chi connectivity index (χ0) is 12.4. The number of nitrogens with zero attached hydrogens (tertiary/aromatic N) is 3. The Morgan fingerprint density at radius 1 is 1.59 bits per heavy atom. The van der Waals surface area contributed by atoms with Gasteiger partial charge in [-0.25, -0.2) is 4.79 Å². The van der Waals surface area contributed by atoms with E-state index in [0.29, 0.717) is 17.8 Å². The fourth-order valence-corrected chi connectivity index (χ4v) is 1.89. The fraction of sp³-hybridized carbons (Fsp3) is 0.583. The molecule has 5 nitrogen and oxygen atoms in total. The van der Waals surface area contributed by atoms with Crippen LogP contribution in [-0.2, 0) is 0 Å². The summed E-state index contributed by atoms with van der Waals surface area (Å²) in [7, 11) is 0. The molecule has 1 saturated carbocycles. The van der Waals surface area contributed by atoms with E-state index in [-0.39, 0.29) is 5.56 Å². The van der Waals surface area contributed by atoms with Crippen LogP contribution in [0.1, 0.15) is 37.0 Å². The van der Waals surface area contributed by atoms with Crippen molar-refractivity contribution in [2.75, 3.05) is 11.4 Å². The predicted molar refractivity (Wildman–Crippen MR) is 64.2 cm³/mol. The second-order valence-electron chi connectivity index (χ2n) is 4.85. The van der Waals surface area contributed by atoms with Crippen LogP contribution in [0.25, 0.3) is 0 Å². The smallest absolute Gasteiger partial charge is 0.339 e. The van der Waals surface area contributed by atoms with Crippen molar-refractivity contribution in [3.63, 3.8) is 0 Å². The molecule has 1 fully saturated rings. The van der Waals surface area contributed by atoms with Gasteiger partial charge in [-0.2, -0.15) is 5.10 Å². The Bertz CT molecular complexity index is 416. The van der Waals surface area contributed by atoms with E-state index >= 15 is 0 Å². The molecule has 0 amide bonds. The summed E-state index contributed by atoms with van der Waals surface area (Å²) in [5, 5.41) is 17.0. The molecule has 92 valence electrons. The van der Waals surface area contributed by atoms with E-state index in [4.69, 9.17) is 5.11 Å². The van der Waals surface area contributed by atoms with Crippen molar-refractivity contribution in [3.05, 3.63) is 17.8 Å². The van der Waals surface area contributed by atoms with Crippen LogP contribution in [0.2, 0.25) is 0 Å². The molecule has 1 aromatic rings. The van der Waals surface area contributed by atoms with Gasteiger partial charge in [0, 0.05) is 12.6 Å². The highest BCUT2D eigenvalue weighted by Gasteiger charge is 2.32. The second-order valence-corrected chi connectivity index (χ2v) is 4.85. The van der Waals surface area contributed by atoms with E-state index in [1.54, 1.807) is 0 Å². The van der Waals surface area contributed by atoms with Gasteiger partial charge < -0.3 is 10.0 Å². The Morgan fingerprint density at radius 3 is 2.82 bits per heavy atom. The molecule has 0 spiro atoms. The summed E-state index contributed by atoms with van der Waals surface area (Å²) in [6, 6.07) is 1.95. The standard InChI is InChI=1S/C12H17N3O2/c1-8(2)7-15(9-3-4-9)11-10(12(16)17)5-6-13-14-11/h5-6,8-9H,3-4,7H2,1-2H3,(H,16,17). The molecule has 1 heterocycles. The lowest BCUT2D eigenvalue weighted by Crippen LogP contribution is -2.32. The number of rotatable bonds is 5. The fourth-order valence-electron chi connectivity index (χ4n) is 1.89. The van der Waals surface area contributed by atoms with E-state index in [1.165, 1.54) is 12.3 Å². The van der Waals surface area contributed by atoms with Gasteiger partial charge in [-0.05, 0) is 24.8 Å². The van der Waals surface area contributed by atoms with Gasteiger partial charge in [0.15, 0.2) is 5.82 Å². The van der Waals surface area contributed by atoms with Crippen molar-refractivity contribution in [3.8, 4) is 0 Å². The summed E-state index contributed by atoms with van der Waals surface area (Å²) in [6.45, 7) is 5.06. The second kappa shape index (κ2) is 4.69. The Morgan fingerprint density at radius 2 is 2.29 bits per heavy atom. The molecule has 5 heteroatoms. The van der Waals surface area contributed by atoms with Gasteiger partial charge in [-0.1, -0.05) is 13.8 Å². The summed E-state index contributed by atoms with van der Waals surface area (Å²) in [4.78, 5) is 13.2. The molecule has 0 aliphatic heterocycles. The summed E-state index contributed by atoms with van der Waals surface area (Å²) >= 11 is 0. The van der Waals surface area contributed by atoms with Crippen molar-refractivity contribution in [2.45, 2.75) is 32.7 Å². The predicted octanol–water partition coefficient (Wildman–Crippen LogP) is 1.80. The van der Waals surface area contributed by atoms with Crippen molar-refractivity contribution >= 4 is 11.8 Å². The summed E-state index contributed by atoms with van der Waals surface area (Å²) < 4.78 is 0. The van der Waals surface area contributed by atoms with Crippen LogP contribution in [0.15, 0.2) is 12.3 Å². The van der Waals surface area contributed by atoms with Gasteiger partial charge >= 0.3 is 5.97 Å². The van der Waals surface area contributed by atoms with E-state index in [2.05, 4.69) is 28.9 Å². The minimum atomic E-state index is -0.940. The Hall–Kier alpha value is -1.65. The first-order chi connectivity index (χ1) is 8.09. The molecule has 0 aromatic carbocycles. The maximum absolute atomic E-state index is 11.2. The molecule has 1 aliphatic rings. The first-order valence-corrected chi connectivity index (χ1v) is 5.91. The minimum Gasteiger partial charge on any atom is -0.478 e. The number of carboxylic acids is 1. The molecule has 1 aromatic heterocycles. The topological polar surface area (TPSA) is 66.3 Å². The van der Waals surface area contributed by atoms with Crippen molar-refractivity contribution in [2.24, 2.45) is 5.92 Å². The number of hydrogen-bond donors (Lipinski definition) is 1. The quantitative estimate of drug-likeness (QED) is 0.843. The molecule has 0 bridgehead atoms. The Balaban J connectivity index is 2.31. The van der Waals surface area contributed by atoms with Gasteiger partial charge in [0.05, 0.1) is 6.20 Å². The summed E-state index contributed by atoms with van der Waals surface area (Å²) in [5.41, 5.74) is 0.243. The van der Waals surface area contributed by atoms with Crippen LogP contribution in [-0.4, -0.2) is 33.9 Å². The third kappa shape index (κ3) is 2.72. The molecule has 0 radical (unpaired) electrons. The molecular weight excluding hydrogens is 218 g/mol. The molecule has 0 saturated heterocycles. The number of carboxylic acid groups (broad SMARTS) is 1. The summed E-state index contributed by atoms with van der Waals surface area (Å²) in [5.74, 6) is 0.0414. The molecular formula is C12H17N3O2. The average Bonchev–Trinajstić information content (AvgIpc) is 3.09. The number of anilines is 1. The Kier molecular flexibility index (Phi) is 3.26. The number of hydrogen-bond acceptors (Lipinski definition) is 4. The number of carbonyl (C=O) groups is 1. The Labute approximate surface area is 100 Å². The van der Waals surface area contributed by atoms with Gasteiger partial charge in [0.1, 0.15) is 5.56 Å². The maximum atomic E-state index is 11.2. The maximum Gasteiger partial charge on any atom is 0.339 e. The van der Waals surface area contributed by atoms with Gasteiger partial charge in [-0.3, -0.25) is 0 Å². The molecule has 1 aliphatic carbocycles. The molecule has 17 heavy (non-hydrogen) atoms. The zero-order valence-corrected chi connectivity index (χ0v) is 10.1. The van der Waals surface area contributed by atoms with Crippen LogP contribution < -0.4 is 4.90 Å². The monoisotopic (exact) mass is 235 g/mol. The normalized spacial score (nSPS) is 15.0. The average molecular weight is 235 g/mol. The highest BCUT2D eigenvalue weighted by atomic mass is 16.4. The molecule has 0 atom stereocenters. The highest BCUT2D eigenvalue weighted by molar-refractivity contribution is 5.93. The molecule has 1 N–H and O–H groups in total. The third-order valence-corrected chi connectivity index (χ3v) is 2.75. The van der Waals surface area contributed by atoms with Crippen LogP contribution in [0, 0.1) is 5.92 Å².